The summed E-state index contributed by atoms with van der Waals surface area (Å²) in [6.07, 6.45) is 5.09. The van der Waals surface area contributed by atoms with Gasteiger partial charge in [-0.25, -0.2) is 0 Å². The van der Waals surface area contributed by atoms with Gasteiger partial charge in [0, 0.05) is 40.7 Å². The van der Waals surface area contributed by atoms with Gasteiger partial charge in [0.1, 0.15) is 0 Å². The van der Waals surface area contributed by atoms with Crippen LogP contribution in [0.5, 0.6) is 0 Å². The minimum absolute atomic E-state index is 0.0364. The topological polar surface area (TPSA) is 47.9 Å². The predicted molar refractivity (Wildman–Crippen MR) is 227 cm³/mol. The fourth-order valence-electron chi connectivity index (χ4n) is 7.58. The fourth-order valence-corrected chi connectivity index (χ4v) is 7.58. The summed E-state index contributed by atoms with van der Waals surface area (Å²) in [4.78, 5) is 7.53. The third kappa shape index (κ3) is 7.22. The van der Waals surface area contributed by atoms with E-state index in [1.807, 2.05) is 6.08 Å². The summed E-state index contributed by atoms with van der Waals surface area (Å²) in [5.41, 5.74) is 12.4. The normalized spacial score (nSPS) is 15.3. The number of aliphatic hydroxyl groups is 1. The van der Waals surface area contributed by atoms with Crippen molar-refractivity contribution < 1.29 is 5.11 Å². The highest BCUT2D eigenvalue weighted by molar-refractivity contribution is 6.10. The molecule has 0 saturated carbocycles. The summed E-state index contributed by atoms with van der Waals surface area (Å²) in [6, 6.07) is 48.7. The van der Waals surface area contributed by atoms with Crippen molar-refractivity contribution in [1.82, 2.24) is 0 Å². The van der Waals surface area contributed by atoms with Crippen molar-refractivity contribution >= 4 is 33.5 Å². The summed E-state index contributed by atoms with van der Waals surface area (Å²) in [5, 5.41) is 16.2. The molecule has 4 nitrogen and oxygen atoms in total. The van der Waals surface area contributed by atoms with E-state index in [1.54, 1.807) is 13.0 Å². The molecule has 7 rings (SSSR count). The molecule has 2 N–H and O–H groups in total. The lowest BCUT2D eigenvalue weighted by atomic mass is 9.79. The number of fused-ring (bicyclic) bond motifs is 2. The number of rotatable bonds is 12. The molecule has 1 aliphatic rings. The van der Waals surface area contributed by atoms with Crippen LogP contribution in [0.3, 0.4) is 0 Å². The van der Waals surface area contributed by atoms with Crippen LogP contribution in [-0.4, -0.2) is 23.9 Å². The molecule has 6 aromatic carbocycles. The maximum Gasteiger partial charge on any atom is 0.0969 e. The van der Waals surface area contributed by atoms with Gasteiger partial charge >= 0.3 is 0 Å². The molecule has 4 heteroatoms. The van der Waals surface area contributed by atoms with Crippen LogP contribution in [0.1, 0.15) is 36.8 Å². The quantitative estimate of drug-likeness (QED) is 0.0992. The van der Waals surface area contributed by atoms with Gasteiger partial charge in [0.15, 0.2) is 0 Å². The molecule has 1 aliphatic heterocycles. The van der Waals surface area contributed by atoms with Crippen LogP contribution in [0.15, 0.2) is 193 Å². The van der Waals surface area contributed by atoms with Crippen LogP contribution in [0.2, 0.25) is 0 Å². The highest BCUT2D eigenvalue weighted by Gasteiger charge is 2.34. The Balaban J connectivity index is 1.35. The monoisotopic (exact) mass is 691 g/mol. The summed E-state index contributed by atoms with van der Waals surface area (Å²) < 4.78 is 0. The number of nitrogens with zero attached hydrogens (tertiary/aromatic N) is 2. The first-order valence-corrected chi connectivity index (χ1v) is 18.1. The molecule has 2 unspecified atom stereocenters. The second-order valence-corrected chi connectivity index (χ2v) is 13.7. The van der Waals surface area contributed by atoms with E-state index >= 15 is 0 Å². The average Bonchev–Trinajstić information content (AvgIpc) is 3.19. The fraction of sp³-hybridized carbons (Fsp3) is 0.122. The molecule has 0 amide bonds. The zero-order valence-corrected chi connectivity index (χ0v) is 30.5. The molecular weight excluding hydrogens is 647 g/mol. The smallest absolute Gasteiger partial charge is 0.0969 e. The highest BCUT2D eigenvalue weighted by Crippen LogP contribution is 2.45. The largest absolute Gasteiger partial charge is 0.513 e. The molecule has 0 spiro atoms. The molecule has 2 atom stereocenters. The Morgan fingerprint density at radius 1 is 0.736 bits per heavy atom. The zero-order chi connectivity index (χ0) is 36.9. The number of likely N-dealkylation sites (N-methyl/N-ethyl adjacent to an activating group) is 1. The van der Waals surface area contributed by atoms with Crippen molar-refractivity contribution in [3.05, 3.63) is 200 Å². The van der Waals surface area contributed by atoms with E-state index in [-0.39, 0.29) is 17.7 Å². The Hall–Kier alpha value is -6.39. The number of benzene rings is 6. The summed E-state index contributed by atoms with van der Waals surface area (Å²) >= 11 is 0. The van der Waals surface area contributed by atoms with Crippen LogP contribution in [0.25, 0.3) is 33.0 Å². The molecule has 0 bridgehead atoms. The molecule has 0 aliphatic carbocycles. The lowest BCUT2D eigenvalue weighted by molar-refractivity contribution is 0.413. The number of aliphatic hydroxyl groups excluding tert-OH is 1. The van der Waals surface area contributed by atoms with E-state index in [4.69, 9.17) is 11.6 Å². The molecule has 262 valence electrons. The van der Waals surface area contributed by atoms with E-state index in [0.29, 0.717) is 6.42 Å². The second kappa shape index (κ2) is 15.5. The standard InChI is InChI=1S/C49H45N3O/c1-6-45-43-25-16-15-24-42(43)44(30-28-33(2)32-34(3)53)47(50-45)35(4)52(5)46-31-29-38-22-13-14-23-41(38)49(46)51-48-39(36-18-9-7-10-19-36)26-17-27-40(48)37-20-11-8-12-21-37/h6-27,29,31-32,44,47,51,53H,1-2,4,28,30H2,3,5H3/b34-32+. The van der Waals surface area contributed by atoms with Gasteiger partial charge in [0.2, 0.25) is 0 Å². The number of hydrogen-bond acceptors (Lipinski definition) is 4. The Bertz CT molecular complexity index is 2310. The lowest BCUT2D eigenvalue weighted by Crippen LogP contribution is -2.34. The molecular formula is C49H45N3O. The third-order valence-corrected chi connectivity index (χ3v) is 10.2. The molecule has 0 fully saturated rings. The Morgan fingerprint density at radius 2 is 1.34 bits per heavy atom. The van der Waals surface area contributed by atoms with Gasteiger partial charge in [-0.05, 0) is 60.1 Å². The predicted octanol–water partition coefficient (Wildman–Crippen LogP) is 12.8. The number of anilines is 3. The van der Waals surface area contributed by atoms with Crippen LogP contribution < -0.4 is 10.2 Å². The van der Waals surface area contributed by atoms with E-state index in [9.17, 15) is 5.11 Å². The molecule has 6 aromatic rings. The Labute approximate surface area is 313 Å². The van der Waals surface area contributed by atoms with Crippen LogP contribution in [0, 0.1) is 0 Å². The van der Waals surface area contributed by atoms with Gasteiger partial charge in [-0.1, -0.05) is 159 Å². The van der Waals surface area contributed by atoms with Gasteiger partial charge in [0.25, 0.3) is 0 Å². The summed E-state index contributed by atoms with van der Waals surface area (Å²) in [6.45, 7) is 14.8. The number of aliphatic imine (C=N–C) groups is 1. The van der Waals surface area contributed by atoms with Gasteiger partial charge in [-0.3, -0.25) is 4.99 Å². The first-order chi connectivity index (χ1) is 25.8. The van der Waals surface area contributed by atoms with E-state index in [1.165, 1.54) is 5.56 Å². The van der Waals surface area contributed by atoms with Crippen molar-refractivity contribution in [1.29, 1.82) is 0 Å². The maximum absolute atomic E-state index is 9.93. The molecule has 1 heterocycles. The van der Waals surface area contributed by atoms with Crippen molar-refractivity contribution in [2.75, 3.05) is 17.3 Å². The molecule has 53 heavy (non-hydrogen) atoms. The maximum atomic E-state index is 9.93. The van der Waals surface area contributed by atoms with Gasteiger partial charge < -0.3 is 15.3 Å². The van der Waals surface area contributed by atoms with Crippen molar-refractivity contribution in [2.45, 2.75) is 31.7 Å². The van der Waals surface area contributed by atoms with E-state index < -0.39 is 0 Å². The highest BCUT2D eigenvalue weighted by atomic mass is 16.3. The zero-order valence-electron chi connectivity index (χ0n) is 30.5. The van der Waals surface area contributed by atoms with Crippen molar-refractivity contribution in [3.8, 4) is 22.3 Å². The van der Waals surface area contributed by atoms with Crippen LogP contribution in [0.4, 0.5) is 17.1 Å². The SMILES string of the molecule is C=CC1=NC(C(=C)N(C)c2ccc3ccccc3c2Nc2c(-c3ccccc3)cccc2-c2ccccc2)C(CCC(=C)/C=C(\C)O)c2ccccc21. The van der Waals surface area contributed by atoms with Gasteiger partial charge in [-0.15, -0.1) is 0 Å². The van der Waals surface area contributed by atoms with Crippen molar-refractivity contribution in [3.63, 3.8) is 0 Å². The van der Waals surface area contributed by atoms with E-state index in [2.05, 4.69) is 170 Å². The second-order valence-electron chi connectivity index (χ2n) is 13.7. The Kier molecular flexibility index (Phi) is 10.2. The first-order valence-electron chi connectivity index (χ1n) is 18.1. The summed E-state index contributed by atoms with van der Waals surface area (Å²) in [7, 11) is 2.09. The van der Waals surface area contributed by atoms with Crippen LogP contribution >= 0.6 is 0 Å². The Morgan fingerprint density at radius 3 is 2.00 bits per heavy atom. The number of nitrogens with one attached hydrogen (secondary N) is 1. The lowest BCUT2D eigenvalue weighted by Gasteiger charge is -2.37. The molecule has 0 radical (unpaired) electrons. The average molecular weight is 692 g/mol. The number of hydrogen-bond donors (Lipinski definition) is 2. The van der Waals surface area contributed by atoms with Gasteiger partial charge in [-0.2, -0.15) is 0 Å². The van der Waals surface area contributed by atoms with E-state index in [0.717, 1.165) is 79.1 Å². The third-order valence-electron chi connectivity index (χ3n) is 10.2. The molecule has 0 saturated heterocycles. The minimum Gasteiger partial charge on any atom is -0.513 e. The number of para-hydroxylation sites is 1. The van der Waals surface area contributed by atoms with Crippen molar-refractivity contribution in [2.24, 2.45) is 4.99 Å². The van der Waals surface area contributed by atoms with Crippen LogP contribution in [-0.2, 0) is 0 Å². The first kappa shape index (κ1) is 35.0. The van der Waals surface area contributed by atoms with Gasteiger partial charge in [0.05, 0.1) is 34.6 Å². The number of allylic oxidation sites excluding steroid dienone is 4. The minimum atomic E-state index is -0.259. The molecule has 0 aromatic heterocycles. The summed E-state index contributed by atoms with van der Waals surface area (Å²) in [5.74, 6) is 0.293.